The number of carbonyl (C=O) groups excluding carboxylic acids is 2. The van der Waals surface area contributed by atoms with Crippen LogP contribution in [0.3, 0.4) is 0 Å². The van der Waals surface area contributed by atoms with Gasteiger partial charge in [0.2, 0.25) is 5.91 Å². The summed E-state index contributed by atoms with van der Waals surface area (Å²) in [6.07, 6.45) is 0.903. The number of nitrogens with zero attached hydrogens (tertiary/aromatic N) is 4. The molecule has 1 saturated heterocycles. The highest BCUT2D eigenvalue weighted by Crippen LogP contribution is 2.25. The van der Waals surface area contributed by atoms with Crippen molar-refractivity contribution in [2.75, 3.05) is 31.5 Å². The summed E-state index contributed by atoms with van der Waals surface area (Å²) in [7, 11) is 0. The molecular weight excluding hydrogens is 354 g/mol. The number of piperazine rings is 1. The third-order valence-corrected chi connectivity index (χ3v) is 5.06. The van der Waals surface area contributed by atoms with Gasteiger partial charge in [-0.05, 0) is 31.4 Å². The number of para-hydroxylation sites is 1. The molecule has 7 nitrogen and oxygen atoms in total. The van der Waals surface area contributed by atoms with E-state index < -0.39 is 0 Å². The van der Waals surface area contributed by atoms with Crippen LogP contribution in [0.5, 0.6) is 0 Å². The molecule has 1 aliphatic heterocycles. The molecule has 1 aromatic carbocycles. The number of carbonyl (C=O) groups is 2. The zero-order valence-electron chi connectivity index (χ0n) is 17.0. The van der Waals surface area contributed by atoms with Gasteiger partial charge in [0.1, 0.15) is 17.3 Å². The third kappa shape index (κ3) is 4.30. The van der Waals surface area contributed by atoms with Crippen LogP contribution in [0.25, 0.3) is 0 Å². The van der Waals surface area contributed by atoms with Crippen LogP contribution in [0.1, 0.15) is 41.3 Å². The van der Waals surface area contributed by atoms with Crippen molar-refractivity contribution in [1.29, 1.82) is 0 Å². The number of rotatable bonds is 4. The number of nitrogens with one attached hydrogen (secondary N) is 1. The van der Waals surface area contributed by atoms with Gasteiger partial charge in [0.25, 0.3) is 5.91 Å². The van der Waals surface area contributed by atoms with Gasteiger partial charge >= 0.3 is 0 Å². The molecule has 0 bridgehead atoms. The van der Waals surface area contributed by atoms with Crippen LogP contribution in [0.15, 0.2) is 24.3 Å². The van der Waals surface area contributed by atoms with E-state index in [-0.39, 0.29) is 11.8 Å². The van der Waals surface area contributed by atoms with Crippen LogP contribution >= 0.6 is 0 Å². The van der Waals surface area contributed by atoms with Crippen LogP contribution in [0.2, 0.25) is 0 Å². The van der Waals surface area contributed by atoms with E-state index in [9.17, 15) is 9.59 Å². The Morgan fingerprint density at radius 1 is 1.07 bits per heavy atom. The van der Waals surface area contributed by atoms with Gasteiger partial charge in [-0.15, -0.1) is 0 Å². The van der Waals surface area contributed by atoms with E-state index in [2.05, 4.69) is 41.3 Å². The molecule has 0 unspecified atom stereocenters. The average molecular weight is 381 g/mol. The first-order valence-corrected chi connectivity index (χ1v) is 9.65. The van der Waals surface area contributed by atoms with Gasteiger partial charge in [-0.2, -0.15) is 0 Å². The van der Waals surface area contributed by atoms with Crippen molar-refractivity contribution >= 4 is 23.3 Å². The van der Waals surface area contributed by atoms with E-state index in [1.54, 1.807) is 29.7 Å². The topological polar surface area (TPSA) is 78.4 Å². The van der Waals surface area contributed by atoms with Gasteiger partial charge in [-0.1, -0.05) is 25.1 Å². The first-order valence-electron chi connectivity index (χ1n) is 9.65. The van der Waals surface area contributed by atoms with Crippen molar-refractivity contribution < 1.29 is 9.59 Å². The van der Waals surface area contributed by atoms with Crippen LogP contribution in [0.4, 0.5) is 11.5 Å². The minimum absolute atomic E-state index is 0.0430. The summed E-state index contributed by atoms with van der Waals surface area (Å²) < 4.78 is 0. The second-order valence-corrected chi connectivity index (χ2v) is 7.07. The first kappa shape index (κ1) is 19.8. The highest BCUT2D eigenvalue weighted by Gasteiger charge is 2.24. The fourth-order valence-corrected chi connectivity index (χ4v) is 3.46. The Morgan fingerprint density at radius 3 is 2.39 bits per heavy atom. The number of amides is 2. The van der Waals surface area contributed by atoms with E-state index >= 15 is 0 Å². The monoisotopic (exact) mass is 381 g/mol. The number of hydrogen-bond donors (Lipinski definition) is 1. The Bertz CT molecular complexity index is 888. The van der Waals surface area contributed by atoms with Crippen molar-refractivity contribution in [2.45, 2.75) is 34.1 Å². The summed E-state index contributed by atoms with van der Waals surface area (Å²) in [4.78, 5) is 36.7. The van der Waals surface area contributed by atoms with Gasteiger partial charge in [-0.25, -0.2) is 9.97 Å². The fraction of sp³-hybridized carbons (Fsp3) is 0.429. The molecule has 0 radical (unpaired) electrons. The van der Waals surface area contributed by atoms with E-state index in [0.717, 1.165) is 17.7 Å². The van der Waals surface area contributed by atoms with Gasteiger partial charge in [0, 0.05) is 44.9 Å². The Balaban J connectivity index is 1.81. The molecule has 0 aliphatic carbocycles. The smallest absolute Gasteiger partial charge is 0.272 e. The minimum atomic E-state index is -0.128. The largest absolute Gasteiger partial charge is 0.340 e. The second-order valence-electron chi connectivity index (χ2n) is 7.07. The SMILES string of the molecule is CCc1cccc(C)c1Nc1cc(C(=O)N2CCN(C(C)=O)CC2)nc(C)n1. The average Bonchev–Trinajstić information content (AvgIpc) is 2.68. The standard InChI is InChI=1S/C21H27N5O2/c1-5-17-8-6-7-14(2)20(17)24-19-13-18(22-15(3)23-19)21(28)26-11-9-25(10-12-26)16(4)27/h6-8,13H,5,9-12H2,1-4H3,(H,22,23,24). The predicted octanol–water partition coefficient (Wildman–Crippen LogP) is 2.70. The number of benzene rings is 1. The van der Waals surface area contributed by atoms with E-state index in [4.69, 9.17) is 0 Å². The van der Waals surface area contributed by atoms with E-state index in [1.807, 2.05) is 6.07 Å². The molecular formula is C21H27N5O2. The van der Waals surface area contributed by atoms with Crippen LogP contribution in [-0.2, 0) is 11.2 Å². The highest BCUT2D eigenvalue weighted by molar-refractivity contribution is 5.93. The van der Waals surface area contributed by atoms with Crippen LogP contribution in [-0.4, -0.2) is 57.8 Å². The van der Waals surface area contributed by atoms with Crippen LogP contribution < -0.4 is 5.32 Å². The Labute approximate surface area is 165 Å². The molecule has 1 N–H and O–H groups in total. The molecule has 28 heavy (non-hydrogen) atoms. The fourth-order valence-electron chi connectivity index (χ4n) is 3.46. The lowest BCUT2D eigenvalue weighted by Crippen LogP contribution is -2.50. The zero-order chi connectivity index (χ0) is 20.3. The summed E-state index contributed by atoms with van der Waals surface area (Å²) in [5.41, 5.74) is 3.72. The Kier molecular flexibility index (Phi) is 5.92. The van der Waals surface area contributed by atoms with Crippen molar-refractivity contribution in [3.63, 3.8) is 0 Å². The normalized spacial score (nSPS) is 14.1. The van der Waals surface area contributed by atoms with Crippen molar-refractivity contribution in [2.24, 2.45) is 0 Å². The number of hydrogen-bond acceptors (Lipinski definition) is 5. The third-order valence-electron chi connectivity index (χ3n) is 5.06. The van der Waals surface area contributed by atoms with E-state index in [1.165, 1.54) is 5.56 Å². The summed E-state index contributed by atoms with van der Waals surface area (Å²) >= 11 is 0. The molecule has 0 atom stereocenters. The lowest BCUT2D eigenvalue weighted by molar-refractivity contribution is -0.130. The van der Waals surface area contributed by atoms with Gasteiger partial charge in [0.05, 0.1) is 0 Å². The number of anilines is 2. The maximum Gasteiger partial charge on any atom is 0.272 e. The van der Waals surface area contributed by atoms with E-state index in [0.29, 0.717) is 43.5 Å². The van der Waals surface area contributed by atoms with Gasteiger partial charge in [-0.3, -0.25) is 9.59 Å². The number of aryl methyl sites for hydroxylation is 3. The molecule has 2 aromatic rings. The summed E-state index contributed by atoms with van der Waals surface area (Å²) in [5.74, 6) is 1.07. The number of aromatic nitrogens is 2. The molecule has 7 heteroatoms. The molecule has 1 fully saturated rings. The molecule has 3 rings (SSSR count). The van der Waals surface area contributed by atoms with Gasteiger partial charge in [0.15, 0.2) is 0 Å². The van der Waals surface area contributed by atoms with Crippen molar-refractivity contribution in [1.82, 2.24) is 19.8 Å². The molecule has 2 amide bonds. The molecule has 1 aromatic heterocycles. The van der Waals surface area contributed by atoms with Gasteiger partial charge < -0.3 is 15.1 Å². The van der Waals surface area contributed by atoms with Crippen LogP contribution in [0, 0.1) is 13.8 Å². The van der Waals surface area contributed by atoms with Crippen molar-refractivity contribution in [3.8, 4) is 0 Å². The first-order chi connectivity index (χ1) is 13.4. The lowest BCUT2D eigenvalue weighted by Gasteiger charge is -2.34. The molecule has 1 aliphatic rings. The predicted molar refractivity (Wildman–Crippen MR) is 109 cm³/mol. The highest BCUT2D eigenvalue weighted by atomic mass is 16.2. The molecule has 2 heterocycles. The summed E-state index contributed by atoms with van der Waals surface area (Å²) in [5, 5.41) is 3.38. The molecule has 0 saturated carbocycles. The summed E-state index contributed by atoms with van der Waals surface area (Å²) in [6, 6.07) is 7.89. The quantitative estimate of drug-likeness (QED) is 0.881. The maximum absolute atomic E-state index is 12.9. The minimum Gasteiger partial charge on any atom is -0.340 e. The maximum atomic E-state index is 12.9. The Hall–Kier alpha value is -2.96. The second kappa shape index (κ2) is 8.37. The van der Waals surface area contributed by atoms with Crippen molar-refractivity contribution in [3.05, 3.63) is 46.9 Å². The molecule has 0 spiro atoms. The Morgan fingerprint density at radius 2 is 1.75 bits per heavy atom. The molecule has 148 valence electrons. The lowest BCUT2D eigenvalue weighted by atomic mass is 10.1. The zero-order valence-corrected chi connectivity index (χ0v) is 17.0. The summed E-state index contributed by atoms with van der Waals surface area (Å²) in [6.45, 7) is 9.65.